The van der Waals surface area contributed by atoms with Gasteiger partial charge in [0.2, 0.25) is 0 Å². The molecular weight excluding hydrogens is 150 g/mol. The Morgan fingerprint density at radius 1 is 1.40 bits per heavy atom. The summed E-state index contributed by atoms with van der Waals surface area (Å²) in [5, 5.41) is 17.2. The van der Waals surface area contributed by atoms with Gasteiger partial charge >= 0.3 is 0 Å². The van der Waals surface area contributed by atoms with Gasteiger partial charge in [0.05, 0.1) is 5.69 Å². The maximum Gasteiger partial charge on any atom is 0.196 e. The number of hydrogen-bond acceptors (Lipinski definition) is 4. The molecule has 1 rings (SSSR count). The summed E-state index contributed by atoms with van der Waals surface area (Å²) in [6.07, 6.45) is -0.0355. The molecule has 0 saturated carbocycles. The first-order chi connectivity index (χ1) is 4.70. The molecule has 0 aromatic carbocycles. The van der Waals surface area contributed by atoms with Crippen LogP contribution in [0.4, 0.5) is 0 Å². The standard InChI is InChI=1S/C6H7NO2S/c8-6(9)5-2-1-4(10)3-7-5/h1-3,6,8-10H. The van der Waals surface area contributed by atoms with Gasteiger partial charge in [-0.25, -0.2) is 0 Å². The summed E-state index contributed by atoms with van der Waals surface area (Å²) < 4.78 is 0. The zero-order valence-electron chi connectivity index (χ0n) is 5.10. The van der Waals surface area contributed by atoms with Crippen LogP contribution in [0, 0.1) is 0 Å². The van der Waals surface area contributed by atoms with E-state index in [9.17, 15) is 0 Å². The first-order valence-corrected chi connectivity index (χ1v) is 3.16. The SMILES string of the molecule is OC(O)c1ccc(S)cn1. The summed E-state index contributed by atoms with van der Waals surface area (Å²) >= 11 is 3.97. The molecule has 0 amide bonds. The maximum atomic E-state index is 8.58. The topological polar surface area (TPSA) is 53.4 Å². The lowest BCUT2D eigenvalue weighted by Crippen LogP contribution is -1.96. The van der Waals surface area contributed by atoms with Crippen molar-refractivity contribution in [2.45, 2.75) is 11.2 Å². The van der Waals surface area contributed by atoms with Crippen LogP contribution in [-0.2, 0) is 0 Å². The first-order valence-electron chi connectivity index (χ1n) is 2.71. The molecule has 54 valence electrons. The Bertz CT molecular complexity index is 209. The molecule has 0 aliphatic carbocycles. The van der Waals surface area contributed by atoms with Gasteiger partial charge in [-0.1, -0.05) is 0 Å². The van der Waals surface area contributed by atoms with Crippen LogP contribution in [0.15, 0.2) is 23.2 Å². The lowest BCUT2D eigenvalue weighted by molar-refractivity contribution is -0.0458. The van der Waals surface area contributed by atoms with E-state index in [-0.39, 0.29) is 5.69 Å². The van der Waals surface area contributed by atoms with Crippen LogP contribution in [0.3, 0.4) is 0 Å². The molecule has 0 radical (unpaired) electrons. The van der Waals surface area contributed by atoms with Crippen LogP contribution in [0.25, 0.3) is 0 Å². The Morgan fingerprint density at radius 3 is 2.50 bits per heavy atom. The number of aromatic nitrogens is 1. The smallest absolute Gasteiger partial charge is 0.196 e. The van der Waals surface area contributed by atoms with E-state index >= 15 is 0 Å². The minimum Gasteiger partial charge on any atom is -0.363 e. The van der Waals surface area contributed by atoms with Gasteiger partial charge in [0.15, 0.2) is 6.29 Å². The molecule has 10 heavy (non-hydrogen) atoms. The van der Waals surface area contributed by atoms with E-state index in [0.29, 0.717) is 4.90 Å². The van der Waals surface area contributed by atoms with Gasteiger partial charge in [-0.3, -0.25) is 4.98 Å². The second kappa shape index (κ2) is 3.01. The third-order valence-electron chi connectivity index (χ3n) is 1.04. The van der Waals surface area contributed by atoms with Crippen molar-refractivity contribution in [2.24, 2.45) is 0 Å². The first kappa shape index (κ1) is 7.53. The van der Waals surface area contributed by atoms with E-state index in [1.165, 1.54) is 12.3 Å². The average molecular weight is 157 g/mol. The second-order valence-electron chi connectivity index (χ2n) is 1.81. The Hall–Kier alpha value is -0.580. The lowest BCUT2D eigenvalue weighted by Gasteiger charge is -2.00. The molecule has 0 bridgehead atoms. The van der Waals surface area contributed by atoms with E-state index in [1.54, 1.807) is 6.07 Å². The molecular formula is C6H7NO2S. The predicted molar refractivity (Wildman–Crippen MR) is 38.7 cm³/mol. The van der Waals surface area contributed by atoms with Gasteiger partial charge in [0.1, 0.15) is 0 Å². The summed E-state index contributed by atoms with van der Waals surface area (Å²) in [5.74, 6) is 0. The molecule has 0 saturated heterocycles. The number of aliphatic hydroxyl groups excluding tert-OH is 1. The summed E-state index contributed by atoms with van der Waals surface area (Å²) in [7, 11) is 0. The highest BCUT2D eigenvalue weighted by molar-refractivity contribution is 7.80. The van der Waals surface area contributed by atoms with Crippen molar-refractivity contribution in [1.29, 1.82) is 0 Å². The van der Waals surface area contributed by atoms with Crippen molar-refractivity contribution < 1.29 is 10.2 Å². The molecule has 0 unspecified atom stereocenters. The van der Waals surface area contributed by atoms with Gasteiger partial charge in [-0.05, 0) is 12.1 Å². The normalized spacial score (nSPS) is 10.4. The Kier molecular flexibility index (Phi) is 2.26. The molecule has 1 aromatic rings. The molecule has 0 fully saturated rings. The van der Waals surface area contributed by atoms with E-state index < -0.39 is 6.29 Å². The van der Waals surface area contributed by atoms with Crippen LogP contribution in [0.5, 0.6) is 0 Å². The van der Waals surface area contributed by atoms with Crippen molar-refractivity contribution >= 4 is 12.6 Å². The third kappa shape index (κ3) is 1.70. The zero-order valence-corrected chi connectivity index (χ0v) is 5.99. The number of pyridine rings is 1. The van der Waals surface area contributed by atoms with Gasteiger partial charge in [0, 0.05) is 11.1 Å². The quantitative estimate of drug-likeness (QED) is 0.407. The largest absolute Gasteiger partial charge is 0.363 e. The van der Waals surface area contributed by atoms with Gasteiger partial charge < -0.3 is 10.2 Å². The van der Waals surface area contributed by atoms with Crippen LogP contribution in [0.1, 0.15) is 12.0 Å². The Balaban J connectivity index is 2.89. The fourth-order valence-electron chi connectivity index (χ4n) is 0.550. The molecule has 3 nitrogen and oxygen atoms in total. The van der Waals surface area contributed by atoms with Crippen LogP contribution in [-0.4, -0.2) is 15.2 Å². The number of nitrogens with zero attached hydrogens (tertiary/aromatic N) is 1. The molecule has 4 heteroatoms. The molecule has 0 spiro atoms. The molecule has 0 atom stereocenters. The van der Waals surface area contributed by atoms with E-state index in [2.05, 4.69) is 17.6 Å². The summed E-state index contributed by atoms with van der Waals surface area (Å²) in [5.41, 5.74) is 0.234. The van der Waals surface area contributed by atoms with Crippen molar-refractivity contribution in [3.8, 4) is 0 Å². The monoisotopic (exact) mass is 157 g/mol. The zero-order chi connectivity index (χ0) is 7.56. The number of aliphatic hydroxyl groups is 2. The van der Waals surface area contributed by atoms with Crippen LogP contribution < -0.4 is 0 Å². The molecule has 2 N–H and O–H groups in total. The molecule has 1 aromatic heterocycles. The Labute approximate surface area is 63.8 Å². The Morgan fingerprint density at radius 2 is 2.10 bits per heavy atom. The van der Waals surface area contributed by atoms with Gasteiger partial charge in [0.25, 0.3) is 0 Å². The van der Waals surface area contributed by atoms with Crippen molar-refractivity contribution in [2.75, 3.05) is 0 Å². The minimum absolute atomic E-state index is 0.234. The van der Waals surface area contributed by atoms with Crippen LogP contribution >= 0.6 is 12.6 Å². The number of rotatable bonds is 1. The van der Waals surface area contributed by atoms with Gasteiger partial charge in [-0.2, -0.15) is 0 Å². The molecule has 0 aliphatic heterocycles. The highest BCUT2D eigenvalue weighted by Crippen LogP contribution is 2.08. The fourth-order valence-corrected chi connectivity index (χ4v) is 0.683. The summed E-state index contributed by atoms with van der Waals surface area (Å²) in [6.45, 7) is 0. The molecule has 0 aliphatic rings. The van der Waals surface area contributed by atoms with E-state index in [4.69, 9.17) is 10.2 Å². The lowest BCUT2D eigenvalue weighted by atomic mass is 10.3. The highest BCUT2D eigenvalue weighted by Gasteiger charge is 2.01. The van der Waals surface area contributed by atoms with Crippen molar-refractivity contribution in [3.05, 3.63) is 24.0 Å². The second-order valence-corrected chi connectivity index (χ2v) is 2.33. The van der Waals surface area contributed by atoms with E-state index in [0.717, 1.165) is 0 Å². The maximum absolute atomic E-state index is 8.58. The number of hydrogen-bond donors (Lipinski definition) is 3. The van der Waals surface area contributed by atoms with Crippen molar-refractivity contribution in [3.63, 3.8) is 0 Å². The summed E-state index contributed by atoms with van der Waals surface area (Å²) in [6, 6.07) is 3.15. The fraction of sp³-hybridized carbons (Fsp3) is 0.167. The molecule has 1 heterocycles. The van der Waals surface area contributed by atoms with Crippen LogP contribution in [0.2, 0.25) is 0 Å². The highest BCUT2D eigenvalue weighted by atomic mass is 32.1. The summed E-state index contributed by atoms with van der Waals surface area (Å²) in [4.78, 5) is 4.40. The van der Waals surface area contributed by atoms with E-state index in [1.807, 2.05) is 0 Å². The minimum atomic E-state index is -1.49. The predicted octanol–water partition coefficient (Wildman–Crippen LogP) is 0.354. The van der Waals surface area contributed by atoms with Gasteiger partial charge in [-0.15, -0.1) is 12.6 Å². The van der Waals surface area contributed by atoms with Crippen molar-refractivity contribution in [1.82, 2.24) is 4.98 Å². The number of thiol groups is 1. The average Bonchev–Trinajstić information content (AvgIpc) is 1.88. The third-order valence-corrected chi connectivity index (χ3v) is 1.30.